The fourth-order valence-corrected chi connectivity index (χ4v) is 4.86. The first-order chi connectivity index (χ1) is 15.1. The number of fused-ring (bicyclic) bond motifs is 5. The molecule has 2 aromatic carbocycles. The molecule has 1 aromatic heterocycles. The van der Waals surface area contributed by atoms with E-state index in [0.717, 1.165) is 24.2 Å². The highest BCUT2D eigenvalue weighted by Gasteiger charge is 2.40. The minimum Gasteiger partial charge on any atom is -0.456 e. The molecule has 0 amide bonds. The van der Waals surface area contributed by atoms with E-state index in [1.165, 1.54) is 38.8 Å². The summed E-state index contributed by atoms with van der Waals surface area (Å²) in [6, 6.07) is 18.7. The van der Waals surface area contributed by atoms with E-state index in [9.17, 15) is 0 Å². The number of hydrogen-bond acceptors (Lipinski definition) is 1. The molecule has 3 aliphatic rings. The van der Waals surface area contributed by atoms with Crippen molar-refractivity contribution in [1.82, 2.24) is 0 Å². The Morgan fingerprint density at radius 1 is 0.774 bits per heavy atom. The summed E-state index contributed by atoms with van der Waals surface area (Å²) < 4.78 is 6.38. The van der Waals surface area contributed by atoms with Crippen molar-refractivity contribution in [2.24, 2.45) is 5.41 Å². The van der Waals surface area contributed by atoms with Crippen LogP contribution in [0.4, 0.5) is 0 Å². The third-order valence-electron chi connectivity index (χ3n) is 6.49. The lowest BCUT2D eigenvalue weighted by molar-refractivity contribution is 0.573. The zero-order valence-electron chi connectivity index (χ0n) is 18.5. The van der Waals surface area contributed by atoms with E-state index in [2.05, 4.69) is 87.6 Å². The molecule has 31 heavy (non-hydrogen) atoms. The van der Waals surface area contributed by atoms with E-state index < -0.39 is 0 Å². The van der Waals surface area contributed by atoms with Crippen molar-refractivity contribution < 1.29 is 4.42 Å². The molecule has 0 N–H and O–H groups in total. The molecule has 1 heterocycles. The largest absolute Gasteiger partial charge is 0.456 e. The van der Waals surface area contributed by atoms with Crippen molar-refractivity contribution in [3.63, 3.8) is 0 Å². The maximum Gasteiger partial charge on any atom is 0.139 e. The zero-order valence-corrected chi connectivity index (χ0v) is 18.5. The Morgan fingerprint density at radius 3 is 2.26 bits per heavy atom. The second-order valence-corrected chi connectivity index (χ2v) is 8.95. The summed E-state index contributed by atoms with van der Waals surface area (Å²) in [4.78, 5) is 0. The zero-order chi connectivity index (χ0) is 21.4. The predicted molar refractivity (Wildman–Crippen MR) is 131 cm³/mol. The van der Waals surface area contributed by atoms with Gasteiger partial charge < -0.3 is 4.42 Å². The minimum absolute atomic E-state index is 0.00688. The predicted octanol–water partition coefficient (Wildman–Crippen LogP) is 8.15. The van der Waals surface area contributed by atoms with Crippen molar-refractivity contribution in [1.29, 1.82) is 0 Å². The Kier molecular flexibility index (Phi) is 4.90. The van der Waals surface area contributed by atoms with Gasteiger partial charge in [-0.25, -0.2) is 0 Å². The fourth-order valence-electron chi connectivity index (χ4n) is 4.86. The van der Waals surface area contributed by atoms with E-state index in [-0.39, 0.29) is 5.41 Å². The highest BCUT2D eigenvalue weighted by Crippen LogP contribution is 2.54. The Hall–Kier alpha value is -3.32. The summed E-state index contributed by atoms with van der Waals surface area (Å²) in [5, 5.41) is 1.24. The average Bonchev–Trinajstić information content (AvgIpc) is 3.00. The second-order valence-electron chi connectivity index (χ2n) is 8.95. The molecule has 154 valence electrons. The molecule has 3 aromatic rings. The van der Waals surface area contributed by atoms with Gasteiger partial charge in [-0.15, -0.1) is 0 Å². The van der Waals surface area contributed by atoms with Crippen LogP contribution in [-0.4, -0.2) is 0 Å². The van der Waals surface area contributed by atoms with Crippen LogP contribution in [0.15, 0.2) is 112 Å². The molecule has 1 nitrogen and oxygen atoms in total. The summed E-state index contributed by atoms with van der Waals surface area (Å²) in [7, 11) is 0. The molecule has 0 fully saturated rings. The standard InChI is InChI=1S/C23H20O.C7H8/c1-23(2)18-12-5-3-4-10-17(18)21-19(23)13-8-11-16-15-9-6-7-14-20(15)24-22(16)21;1-7-5-3-2-4-6-7/h4-10,12-14H,3,11H2,1-2H3;2-6H,1H3. The molecule has 0 saturated heterocycles. The highest BCUT2D eigenvalue weighted by atomic mass is 16.3. The van der Waals surface area contributed by atoms with Crippen LogP contribution in [0.2, 0.25) is 0 Å². The third-order valence-corrected chi connectivity index (χ3v) is 6.49. The van der Waals surface area contributed by atoms with E-state index in [1.54, 1.807) is 0 Å². The fraction of sp³-hybridized carbons (Fsp3) is 0.200. The number of hydrogen-bond donors (Lipinski definition) is 0. The average molecular weight is 405 g/mol. The lowest BCUT2D eigenvalue weighted by atomic mass is 9.79. The molecular weight excluding hydrogens is 376 g/mol. The number of rotatable bonds is 0. The molecule has 0 spiro atoms. The first-order valence-corrected chi connectivity index (χ1v) is 11.1. The van der Waals surface area contributed by atoms with Crippen LogP contribution in [0.3, 0.4) is 0 Å². The van der Waals surface area contributed by atoms with Gasteiger partial charge in [0, 0.05) is 21.9 Å². The summed E-state index contributed by atoms with van der Waals surface area (Å²) in [6.45, 7) is 6.73. The summed E-state index contributed by atoms with van der Waals surface area (Å²) in [5.41, 5.74) is 9.03. The van der Waals surface area contributed by atoms with Gasteiger partial charge in [-0.1, -0.05) is 104 Å². The van der Waals surface area contributed by atoms with Gasteiger partial charge in [-0.2, -0.15) is 0 Å². The van der Waals surface area contributed by atoms with Gasteiger partial charge in [-0.05, 0) is 42.6 Å². The first kappa shape index (κ1) is 19.6. The van der Waals surface area contributed by atoms with Gasteiger partial charge in [0.25, 0.3) is 0 Å². The Balaban J connectivity index is 0.000000250. The quantitative estimate of drug-likeness (QED) is 0.368. The van der Waals surface area contributed by atoms with Gasteiger partial charge >= 0.3 is 0 Å². The maximum absolute atomic E-state index is 6.38. The summed E-state index contributed by atoms with van der Waals surface area (Å²) in [6.07, 6.45) is 15.6. The number of allylic oxidation sites excluding steroid dienone is 10. The monoisotopic (exact) mass is 404 g/mol. The minimum atomic E-state index is 0.00688. The van der Waals surface area contributed by atoms with Crippen molar-refractivity contribution in [2.45, 2.75) is 33.6 Å². The normalized spacial score (nSPS) is 18.2. The Morgan fingerprint density at radius 2 is 1.48 bits per heavy atom. The molecule has 0 unspecified atom stereocenters. The van der Waals surface area contributed by atoms with Crippen LogP contribution in [0, 0.1) is 12.3 Å². The van der Waals surface area contributed by atoms with E-state index in [1.807, 2.05) is 24.3 Å². The van der Waals surface area contributed by atoms with Crippen LogP contribution >= 0.6 is 0 Å². The van der Waals surface area contributed by atoms with E-state index in [0.29, 0.717) is 0 Å². The van der Waals surface area contributed by atoms with Crippen molar-refractivity contribution >= 4 is 16.5 Å². The van der Waals surface area contributed by atoms with Gasteiger partial charge in [0.2, 0.25) is 0 Å². The van der Waals surface area contributed by atoms with Crippen LogP contribution in [0.5, 0.6) is 0 Å². The van der Waals surface area contributed by atoms with Crippen LogP contribution in [-0.2, 0) is 6.42 Å². The third kappa shape index (κ3) is 3.35. The number of para-hydroxylation sites is 1. The number of benzene rings is 2. The summed E-state index contributed by atoms with van der Waals surface area (Å²) >= 11 is 0. The van der Waals surface area contributed by atoms with Crippen molar-refractivity contribution in [3.8, 4) is 0 Å². The van der Waals surface area contributed by atoms with Gasteiger partial charge in [0.1, 0.15) is 11.3 Å². The molecular formula is C30H28O. The number of aryl methyl sites for hydroxylation is 1. The smallest absolute Gasteiger partial charge is 0.139 e. The first-order valence-electron chi connectivity index (χ1n) is 11.1. The topological polar surface area (TPSA) is 13.1 Å². The molecule has 1 heteroatoms. The second kappa shape index (κ2) is 7.74. The van der Waals surface area contributed by atoms with Crippen molar-refractivity contribution in [2.75, 3.05) is 0 Å². The van der Waals surface area contributed by atoms with E-state index in [4.69, 9.17) is 4.42 Å². The number of furan rings is 1. The highest BCUT2D eigenvalue weighted by molar-refractivity contribution is 5.97. The van der Waals surface area contributed by atoms with Crippen LogP contribution in [0.25, 0.3) is 16.5 Å². The molecule has 3 aliphatic carbocycles. The maximum atomic E-state index is 6.38. The van der Waals surface area contributed by atoms with Crippen LogP contribution < -0.4 is 0 Å². The lowest BCUT2D eigenvalue weighted by Crippen LogP contribution is -2.12. The van der Waals surface area contributed by atoms with Gasteiger partial charge in [-0.3, -0.25) is 0 Å². The van der Waals surface area contributed by atoms with Crippen LogP contribution in [0.1, 0.15) is 37.2 Å². The molecule has 0 aliphatic heterocycles. The molecule has 0 saturated carbocycles. The summed E-state index contributed by atoms with van der Waals surface area (Å²) in [5.74, 6) is 1.06. The van der Waals surface area contributed by atoms with Gasteiger partial charge in [0.15, 0.2) is 0 Å². The molecule has 0 atom stereocenters. The molecule has 0 bridgehead atoms. The van der Waals surface area contributed by atoms with Crippen molar-refractivity contribution in [3.05, 3.63) is 125 Å². The Labute approximate surface area is 184 Å². The Bertz CT molecular complexity index is 1290. The van der Waals surface area contributed by atoms with E-state index >= 15 is 0 Å². The lowest BCUT2D eigenvalue weighted by Gasteiger charge is -2.24. The SMILES string of the molecule is CC1(C)C2=C(C=CCC=C2)C2=C1C=CCc1c2oc2ccccc12.Cc1ccccc1. The molecule has 6 rings (SSSR count). The van der Waals surface area contributed by atoms with Gasteiger partial charge in [0.05, 0.1) is 0 Å². The molecule has 0 radical (unpaired) electrons.